The number of non-ortho nitro benzene ring substituents is 1. The summed E-state index contributed by atoms with van der Waals surface area (Å²) in [4.78, 5) is 19.3. The van der Waals surface area contributed by atoms with Gasteiger partial charge in [0.05, 0.1) is 16.4 Å². The molecule has 22 heavy (non-hydrogen) atoms. The number of anilines is 1. The predicted octanol–water partition coefficient (Wildman–Crippen LogP) is 2.75. The van der Waals surface area contributed by atoms with Gasteiger partial charge in [0, 0.05) is 18.7 Å². The summed E-state index contributed by atoms with van der Waals surface area (Å²) in [5.41, 5.74) is 0.605. The molecule has 0 radical (unpaired) electrons. The normalized spacial score (nSPS) is 12.2. The smallest absolute Gasteiger partial charge is 0.269 e. The fourth-order valence-electron chi connectivity index (χ4n) is 2.06. The number of nitrogens with zero attached hydrogens (tertiary/aromatic N) is 3. The summed E-state index contributed by atoms with van der Waals surface area (Å²) in [5, 5.41) is 26.7. The highest BCUT2D eigenvalue weighted by atomic mass is 32.1. The summed E-state index contributed by atoms with van der Waals surface area (Å²) in [6.07, 6.45) is 0.684. The summed E-state index contributed by atoms with van der Waals surface area (Å²) in [6, 6.07) is 7.76. The number of aliphatic hydroxyl groups is 1. The van der Waals surface area contributed by atoms with Crippen molar-refractivity contribution in [3.8, 4) is 0 Å². The van der Waals surface area contributed by atoms with Gasteiger partial charge >= 0.3 is 0 Å². The molecule has 0 fully saturated rings. The molecule has 0 aliphatic heterocycles. The summed E-state index contributed by atoms with van der Waals surface area (Å²) in [7, 11) is 0. The summed E-state index contributed by atoms with van der Waals surface area (Å²) in [6.45, 7) is 0.250. The molecule has 1 aromatic carbocycles. The first kappa shape index (κ1) is 14.4. The minimum Gasteiger partial charge on any atom is -0.387 e. The Kier molecular flexibility index (Phi) is 3.94. The highest BCUT2D eigenvalue weighted by Crippen LogP contribution is 2.24. The van der Waals surface area contributed by atoms with Crippen molar-refractivity contribution >= 4 is 33.1 Å². The molecule has 3 rings (SSSR count). The van der Waals surface area contributed by atoms with Crippen molar-refractivity contribution in [2.24, 2.45) is 0 Å². The fraction of sp³-hybridized carbons (Fsp3) is 0.143. The van der Waals surface area contributed by atoms with E-state index >= 15 is 0 Å². The van der Waals surface area contributed by atoms with E-state index in [1.807, 2.05) is 11.4 Å². The van der Waals surface area contributed by atoms with E-state index in [-0.39, 0.29) is 12.2 Å². The van der Waals surface area contributed by atoms with Gasteiger partial charge < -0.3 is 10.4 Å². The van der Waals surface area contributed by atoms with Crippen molar-refractivity contribution in [2.75, 3.05) is 11.9 Å². The molecule has 1 unspecified atom stereocenters. The number of benzene rings is 1. The molecule has 8 heteroatoms. The van der Waals surface area contributed by atoms with Gasteiger partial charge in [-0.15, -0.1) is 11.3 Å². The van der Waals surface area contributed by atoms with Gasteiger partial charge in [-0.25, -0.2) is 9.97 Å². The molecule has 2 aromatic heterocycles. The van der Waals surface area contributed by atoms with Gasteiger partial charge in [0.1, 0.15) is 17.0 Å². The molecule has 0 aliphatic carbocycles. The molecule has 2 heterocycles. The van der Waals surface area contributed by atoms with Gasteiger partial charge in [0.2, 0.25) is 0 Å². The number of nitro groups is 1. The van der Waals surface area contributed by atoms with Crippen molar-refractivity contribution in [3.63, 3.8) is 0 Å². The molecular weight excluding hydrogens is 304 g/mol. The number of rotatable bonds is 5. The van der Waals surface area contributed by atoms with Crippen molar-refractivity contribution < 1.29 is 10.0 Å². The van der Waals surface area contributed by atoms with E-state index in [0.717, 1.165) is 10.2 Å². The Hall–Kier alpha value is -2.58. The van der Waals surface area contributed by atoms with Gasteiger partial charge in [0.15, 0.2) is 0 Å². The van der Waals surface area contributed by atoms with Crippen LogP contribution in [0.15, 0.2) is 42.0 Å². The number of hydrogen-bond donors (Lipinski definition) is 2. The topological polar surface area (TPSA) is 101 Å². The van der Waals surface area contributed by atoms with Crippen molar-refractivity contribution in [3.05, 3.63) is 57.7 Å². The Morgan fingerprint density at radius 3 is 2.77 bits per heavy atom. The van der Waals surface area contributed by atoms with Crippen LogP contribution in [0.4, 0.5) is 11.5 Å². The van der Waals surface area contributed by atoms with E-state index < -0.39 is 11.0 Å². The van der Waals surface area contributed by atoms with Crippen molar-refractivity contribution in [2.45, 2.75) is 6.10 Å². The summed E-state index contributed by atoms with van der Waals surface area (Å²) < 4.78 is 0. The van der Waals surface area contributed by atoms with Gasteiger partial charge in [-0.3, -0.25) is 10.1 Å². The third-order valence-electron chi connectivity index (χ3n) is 3.21. The lowest BCUT2D eigenvalue weighted by molar-refractivity contribution is -0.384. The Morgan fingerprint density at radius 1 is 1.27 bits per heavy atom. The number of nitrogens with one attached hydrogen (secondary N) is 1. The minimum atomic E-state index is -0.788. The second kappa shape index (κ2) is 6.04. The van der Waals surface area contributed by atoms with Crippen LogP contribution in [0, 0.1) is 10.1 Å². The molecule has 0 aliphatic rings. The zero-order valence-corrected chi connectivity index (χ0v) is 12.2. The van der Waals surface area contributed by atoms with Gasteiger partial charge in [-0.1, -0.05) is 0 Å². The molecule has 0 saturated carbocycles. The Bertz CT molecular complexity index is 803. The first-order chi connectivity index (χ1) is 10.6. The van der Waals surface area contributed by atoms with Crippen LogP contribution in [0.3, 0.4) is 0 Å². The summed E-state index contributed by atoms with van der Waals surface area (Å²) in [5.74, 6) is 0.659. The molecule has 3 aromatic rings. The maximum atomic E-state index is 10.6. The van der Waals surface area contributed by atoms with Crippen molar-refractivity contribution in [1.82, 2.24) is 9.97 Å². The minimum absolute atomic E-state index is 0.000286. The fourth-order valence-corrected chi connectivity index (χ4v) is 2.79. The highest BCUT2D eigenvalue weighted by Gasteiger charge is 2.12. The number of fused-ring (bicyclic) bond motifs is 1. The van der Waals surface area contributed by atoms with Crippen LogP contribution in [-0.4, -0.2) is 26.5 Å². The van der Waals surface area contributed by atoms with Crippen LogP contribution in [0.1, 0.15) is 11.7 Å². The molecule has 1 atom stereocenters. The number of aliphatic hydroxyl groups excluding tert-OH is 1. The van der Waals surface area contributed by atoms with E-state index in [4.69, 9.17) is 0 Å². The number of aromatic nitrogens is 2. The van der Waals surface area contributed by atoms with E-state index in [0.29, 0.717) is 11.4 Å². The van der Waals surface area contributed by atoms with Gasteiger partial charge in [-0.2, -0.15) is 0 Å². The van der Waals surface area contributed by atoms with E-state index in [9.17, 15) is 15.2 Å². The second-order valence-electron chi connectivity index (χ2n) is 4.61. The monoisotopic (exact) mass is 316 g/mol. The first-order valence-corrected chi connectivity index (χ1v) is 7.37. The quantitative estimate of drug-likeness (QED) is 0.554. The molecular formula is C14H12N4O3S. The van der Waals surface area contributed by atoms with E-state index in [1.165, 1.54) is 29.8 Å². The zero-order valence-electron chi connectivity index (χ0n) is 11.3. The third-order valence-corrected chi connectivity index (χ3v) is 4.03. The van der Waals surface area contributed by atoms with Crippen LogP contribution in [0.2, 0.25) is 0 Å². The number of hydrogen-bond acceptors (Lipinski definition) is 7. The lowest BCUT2D eigenvalue weighted by Crippen LogP contribution is -2.13. The lowest BCUT2D eigenvalue weighted by atomic mass is 10.1. The summed E-state index contributed by atoms with van der Waals surface area (Å²) >= 11 is 1.52. The van der Waals surface area contributed by atoms with Crippen LogP contribution >= 0.6 is 11.3 Å². The largest absolute Gasteiger partial charge is 0.387 e. The third kappa shape index (κ3) is 2.87. The maximum absolute atomic E-state index is 10.6. The number of nitro benzene ring substituents is 1. The molecule has 112 valence electrons. The van der Waals surface area contributed by atoms with Crippen LogP contribution in [-0.2, 0) is 0 Å². The molecule has 0 saturated heterocycles. The molecule has 0 amide bonds. The standard InChI is InChI=1S/C14H12N4O3S/c19-12(9-1-3-10(4-2-9)18(20)21)7-15-13-11-5-6-22-14(11)17-8-16-13/h1-6,8,12,19H,7H2,(H,15,16,17). The molecule has 7 nitrogen and oxygen atoms in total. The van der Waals surface area contributed by atoms with Crippen molar-refractivity contribution in [1.29, 1.82) is 0 Å². The Labute approximate surface area is 129 Å². The van der Waals surface area contributed by atoms with Crippen LogP contribution in [0.5, 0.6) is 0 Å². The lowest BCUT2D eigenvalue weighted by Gasteiger charge is -2.13. The van der Waals surface area contributed by atoms with E-state index in [2.05, 4.69) is 15.3 Å². The maximum Gasteiger partial charge on any atom is 0.269 e. The predicted molar refractivity (Wildman–Crippen MR) is 84.0 cm³/mol. The molecule has 0 spiro atoms. The SMILES string of the molecule is O=[N+]([O-])c1ccc(C(O)CNc2ncnc3sccc23)cc1. The van der Waals surface area contributed by atoms with Crippen LogP contribution < -0.4 is 5.32 Å². The molecule has 2 N–H and O–H groups in total. The highest BCUT2D eigenvalue weighted by molar-refractivity contribution is 7.16. The van der Waals surface area contributed by atoms with Gasteiger partial charge in [-0.05, 0) is 29.1 Å². The first-order valence-electron chi connectivity index (χ1n) is 6.49. The second-order valence-corrected chi connectivity index (χ2v) is 5.50. The average Bonchev–Trinajstić information content (AvgIpc) is 3.01. The number of thiophene rings is 1. The van der Waals surface area contributed by atoms with E-state index in [1.54, 1.807) is 12.1 Å². The Balaban J connectivity index is 1.70. The Morgan fingerprint density at radius 2 is 2.05 bits per heavy atom. The average molecular weight is 316 g/mol. The van der Waals surface area contributed by atoms with Crippen LogP contribution in [0.25, 0.3) is 10.2 Å². The van der Waals surface area contributed by atoms with Gasteiger partial charge in [0.25, 0.3) is 5.69 Å². The molecule has 0 bridgehead atoms. The zero-order chi connectivity index (χ0) is 15.5.